The van der Waals surface area contributed by atoms with Crippen LogP contribution in [0.25, 0.3) is 0 Å². The summed E-state index contributed by atoms with van der Waals surface area (Å²) in [4.78, 5) is 11.2. The highest BCUT2D eigenvalue weighted by Gasteiger charge is 2.17. The van der Waals surface area contributed by atoms with Crippen LogP contribution in [0.5, 0.6) is 5.75 Å². The van der Waals surface area contributed by atoms with E-state index in [1.807, 2.05) is 19.1 Å². The molecule has 0 aliphatic carbocycles. The Bertz CT molecular complexity index is 421. The molecule has 0 spiro atoms. The van der Waals surface area contributed by atoms with Gasteiger partial charge < -0.3 is 10.1 Å². The van der Waals surface area contributed by atoms with Crippen molar-refractivity contribution >= 4 is 11.6 Å². The van der Waals surface area contributed by atoms with E-state index >= 15 is 0 Å². The summed E-state index contributed by atoms with van der Waals surface area (Å²) >= 11 is 0. The number of ether oxygens (including phenoxy) is 1. The molecule has 0 aromatic heterocycles. The van der Waals surface area contributed by atoms with E-state index in [0.717, 1.165) is 22.6 Å². The molecule has 19 heavy (non-hydrogen) atoms. The second kappa shape index (κ2) is 6.60. The Morgan fingerprint density at radius 2 is 1.63 bits per heavy atom. The molecule has 106 valence electrons. The fraction of sp³-hybridized carbons (Fsp3) is 0.562. The summed E-state index contributed by atoms with van der Waals surface area (Å²) in [6.45, 7) is 12.7. The minimum atomic E-state index is -0.0476. The molecule has 1 N–H and O–H groups in total. The van der Waals surface area contributed by atoms with Gasteiger partial charge in [0.1, 0.15) is 5.75 Å². The summed E-state index contributed by atoms with van der Waals surface area (Å²) < 4.78 is 5.84. The zero-order chi connectivity index (χ0) is 14.6. The molecule has 3 nitrogen and oxygen atoms in total. The van der Waals surface area contributed by atoms with Gasteiger partial charge in [-0.15, -0.1) is 0 Å². The molecule has 0 saturated heterocycles. The Labute approximate surface area is 116 Å². The summed E-state index contributed by atoms with van der Waals surface area (Å²) in [5.41, 5.74) is 3.15. The second-order valence-corrected chi connectivity index (χ2v) is 5.41. The van der Waals surface area contributed by atoms with Gasteiger partial charge in [0.15, 0.2) is 0 Å². The Balaban J connectivity index is 3.38. The molecule has 0 radical (unpaired) electrons. The van der Waals surface area contributed by atoms with Crippen LogP contribution < -0.4 is 10.1 Å². The lowest BCUT2D eigenvalue weighted by Crippen LogP contribution is -2.09. The van der Waals surface area contributed by atoms with E-state index < -0.39 is 0 Å². The summed E-state index contributed by atoms with van der Waals surface area (Å²) in [6.07, 6.45) is 0. The van der Waals surface area contributed by atoms with Crippen molar-refractivity contribution in [1.29, 1.82) is 0 Å². The van der Waals surface area contributed by atoms with E-state index in [-0.39, 0.29) is 5.91 Å². The maximum atomic E-state index is 11.2. The third kappa shape index (κ3) is 3.98. The fourth-order valence-corrected chi connectivity index (χ4v) is 2.12. The van der Waals surface area contributed by atoms with Crippen molar-refractivity contribution in [1.82, 2.24) is 0 Å². The minimum absolute atomic E-state index is 0.0476. The number of benzene rings is 1. The molecule has 0 unspecified atom stereocenters. The molecule has 0 aliphatic rings. The quantitative estimate of drug-likeness (QED) is 0.860. The van der Waals surface area contributed by atoms with Crippen LogP contribution in [0.3, 0.4) is 0 Å². The van der Waals surface area contributed by atoms with Crippen molar-refractivity contribution in [3.8, 4) is 5.75 Å². The lowest BCUT2D eigenvalue weighted by atomic mass is 9.93. The van der Waals surface area contributed by atoms with E-state index in [0.29, 0.717) is 18.4 Å². The van der Waals surface area contributed by atoms with E-state index in [9.17, 15) is 4.79 Å². The molecule has 0 atom stereocenters. The van der Waals surface area contributed by atoms with Gasteiger partial charge in [-0.25, -0.2) is 0 Å². The number of carbonyl (C=O) groups is 1. The van der Waals surface area contributed by atoms with Crippen molar-refractivity contribution in [3.05, 3.63) is 23.3 Å². The van der Waals surface area contributed by atoms with Gasteiger partial charge in [0.05, 0.1) is 6.61 Å². The monoisotopic (exact) mass is 263 g/mol. The average Bonchev–Trinajstić information content (AvgIpc) is 2.29. The number of carbonyl (C=O) groups excluding carboxylic acids is 1. The summed E-state index contributed by atoms with van der Waals surface area (Å²) in [5.74, 6) is 1.63. The molecule has 0 saturated carbocycles. The summed E-state index contributed by atoms with van der Waals surface area (Å²) in [7, 11) is 0. The average molecular weight is 263 g/mol. The highest BCUT2D eigenvalue weighted by Crippen LogP contribution is 2.37. The molecule has 1 rings (SSSR count). The van der Waals surface area contributed by atoms with Gasteiger partial charge in [-0.2, -0.15) is 0 Å². The molecule has 3 heteroatoms. The minimum Gasteiger partial charge on any atom is -0.493 e. The number of anilines is 1. The Morgan fingerprint density at radius 1 is 1.16 bits per heavy atom. The molecular formula is C16H25NO2. The highest BCUT2D eigenvalue weighted by molar-refractivity contribution is 5.89. The molecule has 0 fully saturated rings. The van der Waals surface area contributed by atoms with Gasteiger partial charge in [-0.3, -0.25) is 4.79 Å². The SMILES string of the molecule is CCOc1c(C(C)C)cc(NC(C)=O)cc1C(C)C. The van der Waals surface area contributed by atoms with Gasteiger partial charge in [-0.1, -0.05) is 27.7 Å². The van der Waals surface area contributed by atoms with Crippen LogP contribution in [-0.4, -0.2) is 12.5 Å². The number of amides is 1. The summed E-state index contributed by atoms with van der Waals surface area (Å²) in [6, 6.07) is 4.03. The van der Waals surface area contributed by atoms with Crippen LogP contribution in [0, 0.1) is 0 Å². The first-order valence-corrected chi connectivity index (χ1v) is 6.95. The van der Waals surface area contributed by atoms with E-state index in [1.54, 1.807) is 0 Å². The van der Waals surface area contributed by atoms with Crippen LogP contribution in [0.15, 0.2) is 12.1 Å². The second-order valence-electron chi connectivity index (χ2n) is 5.41. The standard InChI is InChI=1S/C16H25NO2/c1-7-19-16-14(10(2)3)8-13(17-12(6)18)9-15(16)11(4)5/h8-11H,7H2,1-6H3,(H,17,18). The molecule has 0 bridgehead atoms. The first-order valence-electron chi connectivity index (χ1n) is 6.95. The smallest absolute Gasteiger partial charge is 0.221 e. The number of hydrogen-bond acceptors (Lipinski definition) is 2. The first-order chi connectivity index (χ1) is 8.86. The largest absolute Gasteiger partial charge is 0.493 e. The van der Waals surface area contributed by atoms with Crippen molar-refractivity contribution in [2.24, 2.45) is 0 Å². The predicted octanol–water partition coefficient (Wildman–Crippen LogP) is 4.29. The molecule has 0 aliphatic heterocycles. The maximum Gasteiger partial charge on any atom is 0.221 e. The molecule has 1 aromatic carbocycles. The zero-order valence-corrected chi connectivity index (χ0v) is 12.8. The third-order valence-electron chi connectivity index (χ3n) is 3.00. The normalized spacial score (nSPS) is 10.9. The lowest BCUT2D eigenvalue weighted by molar-refractivity contribution is -0.114. The zero-order valence-electron chi connectivity index (χ0n) is 12.8. The van der Waals surface area contributed by atoms with Crippen molar-refractivity contribution < 1.29 is 9.53 Å². The highest BCUT2D eigenvalue weighted by atomic mass is 16.5. The van der Waals surface area contributed by atoms with Crippen LogP contribution in [-0.2, 0) is 4.79 Å². The van der Waals surface area contributed by atoms with Crippen molar-refractivity contribution in [2.45, 2.75) is 53.4 Å². The van der Waals surface area contributed by atoms with Gasteiger partial charge in [0.2, 0.25) is 5.91 Å². The van der Waals surface area contributed by atoms with Gasteiger partial charge in [-0.05, 0) is 42.0 Å². The molecule has 1 aromatic rings. The van der Waals surface area contributed by atoms with E-state index in [4.69, 9.17) is 4.74 Å². The molecule has 0 heterocycles. The van der Waals surface area contributed by atoms with Crippen LogP contribution in [0.2, 0.25) is 0 Å². The molecule has 1 amide bonds. The fourth-order valence-electron chi connectivity index (χ4n) is 2.12. The molecular weight excluding hydrogens is 238 g/mol. The number of hydrogen-bond donors (Lipinski definition) is 1. The topological polar surface area (TPSA) is 38.3 Å². The Hall–Kier alpha value is -1.51. The van der Waals surface area contributed by atoms with E-state index in [2.05, 4.69) is 33.0 Å². The van der Waals surface area contributed by atoms with Crippen molar-refractivity contribution in [3.63, 3.8) is 0 Å². The number of nitrogens with one attached hydrogen (secondary N) is 1. The maximum absolute atomic E-state index is 11.2. The van der Waals surface area contributed by atoms with Crippen LogP contribution in [0.4, 0.5) is 5.69 Å². The van der Waals surface area contributed by atoms with Gasteiger partial charge in [0.25, 0.3) is 0 Å². The summed E-state index contributed by atoms with van der Waals surface area (Å²) in [5, 5.41) is 2.87. The third-order valence-corrected chi connectivity index (χ3v) is 3.00. The number of rotatable bonds is 5. The lowest BCUT2D eigenvalue weighted by Gasteiger charge is -2.21. The predicted molar refractivity (Wildman–Crippen MR) is 80.1 cm³/mol. The Kier molecular flexibility index (Phi) is 5.40. The first kappa shape index (κ1) is 15.5. The van der Waals surface area contributed by atoms with Gasteiger partial charge in [0, 0.05) is 12.6 Å². The van der Waals surface area contributed by atoms with Crippen LogP contribution >= 0.6 is 0 Å². The van der Waals surface area contributed by atoms with Gasteiger partial charge >= 0.3 is 0 Å². The Morgan fingerprint density at radius 3 is 1.95 bits per heavy atom. The van der Waals surface area contributed by atoms with Crippen LogP contribution in [0.1, 0.15) is 64.5 Å². The van der Waals surface area contributed by atoms with E-state index in [1.165, 1.54) is 6.92 Å². The van der Waals surface area contributed by atoms with Crippen molar-refractivity contribution in [2.75, 3.05) is 11.9 Å².